The molecule has 0 aromatic carbocycles. The molecule has 4 fully saturated rings. The number of alkyl halides is 4. The topological polar surface area (TPSA) is 55.3 Å². The Bertz CT molecular complexity index is 1160. The minimum atomic E-state index is -2.92. The summed E-state index contributed by atoms with van der Waals surface area (Å²) in [6.45, 7) is 0.128. The fourth-order valence-corrected chi connectivity index (χ4v) is 7.01. The molecule has 2 aromatic rings. The lowest BCUT2D eigenvalue weighted by Crippen LogP contribution is -2.55. The predicted octanol–water partition coefficient (Wildman–Crippen LogP) is 7.38. The standard InChI is InChI=1S/C28H32BrF4N3O2/c1-25(38-24(30)31)14-18(15-25)23(37)36(22-13-20(29)5-12-34-22)17-27-6-9-28(10-7-27,11-8-27)21-4-3-19(16-35-21)26(2,32)33/h3-5,12-13,16,18,24H,6-11,14-15,17H2,1-2H3/t18-,25+,27?,28?. The van der Waals surface area contributed by atoms with Gasteiger partial charge < -0.3 is 4.74 Å². The Kier molecular flexibility index (Phi) is 7.12. The molecule has 10 heteroatoms. The second kappa shape index (κ2) is 9.84. The maximum atomic E-state index is 13.7. The van der Waals surface area contributed by atoms with Crippen molar-refractivity contribution in [3.05, 3.63) is 52.4 Å². The molecule has 2 heterocycles. The van der Waals surface area contributed by atoms with Crippen molar-refractivity contribution in [3.63, 3.8) is 0 Å². The van der Waals surface area contributed by atoms with Gasteiger partial charge in [0.05, 0.1) is 5.60 Å². The molecule has 0 saturated heterocycles. The first-order chi connectivity index (χ1) is 17.8. The first-order valence-electron chi connectivity index (χ1n) is 13.1. The molecule has 0 aliphatic heterocycles. The Labute approximate surface area is 228 Å². The number of amides is 1. The van der Waals surface area contributed by atoms with Crippen molar-refractivity contribution in [1.29, 1.82) is 0 Å². The van der Waals surface area contributed by atoms with E-state index in [1.54, 1.807) is 30.2 Å². The first-order valence-corrected chi connectivity index (χ1v) is 13.9. The molecule has 0 N–H and O–H groups in total. The third-order valence-electron chi connectivity index (χ3n) is 9.04. The van der Waals surface area contributed by atoms with Crippen LogP contribution in [-0.2, 0) is 20.9 Å². The summed E-state index contributed by atoms with van der Waals surface area (Å²) in [6.07, 6.45) is 8.70. The fourth-order valence-electron chi connectivity index (χ4n) is 6.69. The second-order valence-corrected chi connectivity index (χ2v) is 12.7. The molecular weight excluding hydrogens is 566 g/mol. The number of anilines is 1. The van der Waals surface area contributed by atoms with Gasteiger partial charge in [0.2, 0.25) is 5.91 Å². The Morgan fingerprint density at radius 3 is 2.32 bits per heavy atom. The van der Waals surface area contributed by atoms with Crippen LogP contribution in [0.5, 0.6) is 0 Å². The van der Waals surface area contributed by atoms with Gasteiger partial charge in [0.15, 0.2) is 0 Å². The second-order valence-electron chi connectivity index (χ2n) is 11.8. The van der Waals surface area contributed by atoms with Crippen LogP contribution in [0.2, 0.25) is 0 Å². The van der Waals surface area contributed by atoms with E-state index in [1.165, 1.54) is 12.3 Å². The summed E-state index contributed by atoms with van der Waals surface area (Å²) in [5.41, 5.74) is -0.435. The van der Waals surface area contributed by atoms with E-state index < -0.39 is 24.1 Å². The molecule has 2 aromatic heterocycles. The van der Waals surface area contributed by atoms with E-state index in [1.807, 2.05) is 6.07 Å². The molecular formula is C28H32BrF4N3O2. The van der Waals surface area contributed by atoms with Gasteiger partial charge in [-0.05, 0) is 88.0 Å². The molecule has 0 radical (unpaired) electrons. The predicted molar refractivity (Wildman–Crippen MR) is 138 cm³/mol. The quantitative estimate of drug-likeness (QED) is 0.298. The summed E-state index contributed by atoms with van der Waals surface area (Å²) in [5.74, 6) is -2.89. The summed E-state index contributed by atoms with van der Waals surface area (Å²) >= 11 is 3.47. The molecule has 1 amide bonds. The fraction of sp³-hybridized carbons (Fsp3) is 0.607. The highest BCUT2D eigenvalue weighted by molar-refractivity contribution is 9.10. The van der Waals surface area contributed by atoms with Crippen molar-refractivity contribution < 1.29 is 27.1 Å². The Hall–Kier alpha value is -2.07. The van der Waals surface area contributed by atoms with E-state index in [4.69, 9.17) is 4.74 Å². The number of ether oxygens (including phenoxy) is 1. The first kappa shape index (κ1) is 27.5. The summed E-state index contributed by atoms with van der Waals surface area (Å²) in [4.78, 5) is 24.4. The van der Waals surface area contributed by atoms with Gasteiger partial charge in [-0.1, -0.05) is 15.9 Å². The summed E-state index contributed by atoms with van der Waals surface area (Å²) in [5, 5.41) is 0. The number of pyridine rings is 2. The number of carbonyl (C=O) groups excluding carboxylic acids is 1. The molecule has 206 valence electrons. The van der Waals surface area contributed by atoms with Crippen LogP contribution in [0.1, 0.15) is 76.5 Å². The summed E-state index contributed by atoms with van der Waals surface area (Å²) in [7, 11) is 0. The molecule has 4 aliphatic carbocycles. The number of hydrogen-bond acceptors (Lipinski definition) is 4. The van der Waals surface area contributed by atoms with Crippen molar-refractivity contribution in [2.45, 2.75) is 88.8 Å². The number of fused-ring (bicyclic) bond motifs is 3. The maximum absolute atomic E-state index is 13.7. The van der Waals surface area contributed by atoms with Crippen molar-refractivity contribution in [3.8, 4) is 0 Å². The Balaban J connectivity index is 1.32. The van der Waals surface area contributed by atoms with Crippen LogP contribution in [0.3, 0.4) is 0 Å². The van der Waals surface area contributed by atoms with Crippen LogP contribution < -0.4 is 4.90 Å². The molecule has 0 unspecified atom stereocenters. The van der Waals surface area contributed by atoms with E-state index in [0.29, 0.717) is 12.4 Å². The van der Waals surface area contributed by atoms with Gasteiger partial charge in [-0.25, -0.2) is 13.8 Å². The third-order valence-corrected chi connectivity index (χ3v) is 9.53. The lowest BCUT2D eigenvalue weighted by molar-refractivity contribution is -0.237. The average Bonchev–Trinajstić information content (AvgIpc) is 2.86. The van der Waals surface area contributed by atoms with Crippen molar-refractivity contribution >= 4 is 27.7 Å². The van der Waals surface area contributed by atoms with Crippen LogP contribution in [-0.4, -0.2) is 34.6 Å². The molecule has 0 spiro atoms. The van der Waals surface area contributed by atoms with Crippen molar-refractivity contribution in [2.75, 3.05) is 11.4 Å². The van der Waals surface area contributed by atoms with E-state index in [2.05, 4.69) is 25.9 Å². The van der Waals surface area contributed by atoms with Gasteiger partial charge in [0.25, 0.3) is 5.92 Å². The van der Waals surface area contributed by atoms with Gasteiger partial charge >= 0.3 is 6.61 Å². The molecule has 5 nitrogen and oxygen atoms in total. The van der Waals surface area contributed by atoms with Crippen LogP contribution in [0.4, 0.5) is 23.4 Å². The molecule has 4 saturated carbocycles. The average molecular weight is 598 g/mol. The molecule has 4 aliphatic rings. The van der Waals surface area contributed by atoms with Gasteiger partial charge in [-0.15, -0.1) is 0 Å². The zero-order valence-corrected chi connectivity index (χ0v) is 23.1. The Morgan fingerprint density at radius 2 is 1.79 bits per heavy atom. The summed E-state index contributed by atoms with van der Waals surface area (Å²) < 4.78 is 58.5. The van der Waals surface area contributed by atoms with Crippen LogP contribution >= 0.6 is 15.9 Å². The number of nitrogens with zero attached hydrogens (tertiary/aromatic N) is 3. The van der Waals surface area contributed by atoms with Gasteiger partial charge in [0, 0.05) is 52.9 Å². The monoisotopic (exact) mass is 597 g/mol. The van der Waals surface area contributed by atoms with Gasteiger partial charge in [-0.2, -0.15) is 8.78 Å². The SMILES string of the molecule is CC(F)(F)c1ccc(C23CCC(CN(c4cc(Br)ccn4)C(=O)[C@H]4C[C@@](C)(OC(F)F)C4)(CC2)CC3)nc1. The zero-order valence-electron chi connectivity index (χ0n) is 21.5. The lowest BCUT2D eigenvalue weighted by atomic mass is 9.52. The zero-order chi connectivity index (χ0) is 27.3. The van der Waals surface area contributed by atoms with Crippen molar-refractivity contribution in [1.82, 2.24) is 9.97 Å². The molecule has 0 atom stereocenters. The smallest absolute Gasteiger partial charge is 0.317 e. The maximum Gasteiger partial charge on any atom is 0.345 e. The number of aromatic nitrogens is 2. The van der Waals surface area contributed by atoms with Crippen LogP contribution in [0.15, 0.2) is 41.1 Å². The summed E-state index contributed by atoms with van der Waals surface area (Å²) in [6, 6.07) is 6.84. The number of rotatable bonds is 8. The van der Waals surface area contributed by atoms with Gasteiger partial charge in [-0.3, -0.25) is 14.7 Å². The number of halogens is 5. The highest BCUT2D eigenvalue weighted by Gasteiger charge is 2.53. The minimum absolute atomic E-state index is 0.0830. The molecule has 6 rings (SSSR count). The third kappa shape index (κ3) is 5.35. The number of carbonyl (C=O) groups is 1. The molecule has 38 heavy (non-hydrogen) atoms. The normalized spacial score (nSPS) is 30.8. The van der Waals surface area contributed by atoms with E-state index in [-0.39, 0.29) is 35.1 Å². The lowest BCUT2D eigenvalue weighted by Gasteiger charge is -2.55. The molecule has 2 bridgehead atoms. The van der Waals surface area contributed by atoms with E-state index >= 15 is 0 Å². The Morgan fingerprint density at radius 1 is 1.13 bits per heavy atom. The number of hydrogen-bond donors (Lipinski definition) is 0. The van der Waals surface area contributed by atoms with Gasteiger partial charge in [0.1, 0.15) is 5.82 Å². The minimum Gasteiger partial charge on any atom is -0.317 e. The van der Waals surface area contributed by atoms with E-state index in [9.17, 15) is 22.4 Å². The largest absolute Gasteiger partial charge is 0.345 e. The van der Waals surface area contributed by atoms with Crippen LogP contribution in [0.25, 0.3) is 0 Å². The highest BCUT2D eigenvalue weighted by Crippen LogP contribution is 2.58. The van der Waals surface area contributed by atoms with E-state index in [0.717, 1.165) is 55.6 Å². The van der Waals surface area contributed by atoms with Crippen LogP contribution in [0, 0.1) is 11.3 Å². The highest BCUT2D eigenvalue weighted by atomic mass is 79.9. The van der Waals surface area contributed by atoms with Crippen molar-refractivity contribution in [2.24, 2.45) is 11.3 Å².